The highest BCUT2D eigenvalue weighted by Gasteiger charge is 2.11. The van der Waals surface area contributed by atoms with Crippen LogP contribution in [0.2, 0.25) is 0 Å². The second kappa shape index (κ2) is 4.28. The van der Waals surface area contributed by atoms with Crippen LogP contribution in [-0.2, 0) is 4.79 Å². The molecule has 0 saturated carbocycles. The van der Waals surface area contributed by atoms with Gasteiger partial charge in [-0.2, -0.15) is 0 Å². The van der Waals surface area contributed by atoms with Gasteiger partial charge in [0.2, 0.25) is 0 Å². The van der Waals surface area contributed by atoms with Crippen LogP contribution in [0.4, 0.5) is 0 Å². The third-order valence-corrected chi connectivity index (χ3v) is 1.63. The fraction of sp³-hybridized carbons (Fsp3) is 0. The average molecular weight is 207 g/mol. The van der Waals surface area contributed by atoms with Gasteiger partial charge in [-0.3, -0.25) is 0 Å². The highest BCUT2D eigenvalue weighted by atomic mass is 16.4. The molecule has 5 heteroatoms. The van der Waals surface area contributed by atoms with E-state index in [1.165, 1.54) is 6.07 Å². The quantitative estimate of drug-likeness (QED) is 0.642. The van der Waals surface area contributed by atoms with Gasteiger partial charge >= 0.3 is 11.9 Å². The molecule has 3 N–H and O–H groups in total. The van der Waals surface area contributed by atoms with Crippen LogP contribution in [0, 0.1) is 6.07 Å². The maximum absolute atomic E-state index is 10.6. The van der Waals surface area contributed by atoms with Gasteiger partial charge in [-0.25, -0.2) is 9.59 Å². The summed E-state index contributed by atoms with van der Waals surface area (Å²) in [5.74, 6) is -2.96. The molecule has 77 valence electrons. The number of aromatic hydroxyl groups is 1. The maximum atomic E-state index is 10.6. The maximum Gasteiger partial charge on any atom is 0.339 e. The molecule has 0 saturated heterocycles. The average Bonchev–Trinajstić information content (AvgIpc) is 2.15. The number of phenols is 1. The summed E-state index contributed by atoms with van der Waals surface area (Å²) in [7, 11) is 0. The predicted molar refractivity (Wildman–Crippen MR) is 50.6 cm³/mol. The molecule has 0 aromatic heterocycles. The lowest BCUT2D eigenvalue weighted by atomic mass is 10.1. The van der Waals surface area contributed by atoms with Gasteiger partial charge in [0, 0.05) is 11.6 Å². The Balaban J connectivity index is 3.15. The van der Waals surface area contributed by atoms with E-state index < -0.39 is 17.7 Å². The van der Waals surface area contributed by atoms with Crippen molar-refractivity contribution in [1.29, 1.82) is 0 Å². The van der Waals surface area contributed by atoms with E-state index in [9.17, 15) is 14.7 Å². The minimum atomic E-state index is -1.30. The van der Waals surface area contributed by atoms with Crippen LogP contribution in [0.3, 0.4) is 0 Å². The first-order chi connectivity index (χ1) is 7.02. The lowest BCUT2D eigenvalue weighted by Crippen LogP contribution is -1.97. The van der Waals surface area contributed by atoms with Crippen molar-refractivity contribution in [3.05, 3.63) is 35.4 Å². The van der Waals surface area contributed by atoms with Crippen LogP contribution in [0.15, 0.2) is 18.2 Å². The SMILES string of the molecule is O=C(O)/C=C/c1c[c]cc(C(=O)O)c1O. The molecule has 0 amide bonds. The molecule has 1 rings (SSSR count). The zero-order chi connectivity index (χ0) is 11.4. The third-order valence-electron chi connectivity index (χ3n) is 1.63. The first-order valence-electron chi connectivity index (χ1n) is 3.89. The van der Waals surface area contributed by atoms with Gasteiger partial charge in [0.25, 0.3) is 0 Å². The molecule has 15 heavy (non-hydrogen) atoms. The van der Waals surface area contributed by atoms with E-state index in [0.29, 0.717) is 0 Å². The number of carboxylic acids is 2. The Morgan fingerprint density at radius 1 is 1.27 bits per heavy atom. The molecule has 0 aliphatic carbocycles. The second-order valence-electron chi connectivity index (χ2n) is 2.65. The smallest absolute Gasteiger partial charge is 0.339 e. The molecule has 0 unspecified atom stereocenters. The van der Waals surface area contributed by atoms with Crippen LogP contribution in [-0.4, -0.2) is 27.3 Å². The van der Waals surface area contributed by atoms with Gasteiger partial charge in [0.1, 0.15) is 11.3 Å². The third kappa shape index (κ3) is 2.57. The van der Waals surface area contributed by atoms with Gasteiger partial charge in [0.05, 0.1) is 0 Å². The molecule has 1 aromatic rings. The molecule has 0 bridgehead atoms. The summed E-state index contributed by atoms with van der Waals surface area (Å²) in [5.41, 5.74) is -0.222. The van der Waals surface area contributed by atoms with Gasteiger partial charge in [-0.05, 0) is 24.3 Å². The second-order valence-corrected chi connectivity index (χ2v) is 2.65. The van der Waals surface area contributed by atoms with E-state index in [-0.39, 0.29) is 11.1 Å². The van der Waals surface area contributed by atoms with Crippen molar-refractivity contribution in [3.8, 4) is 5.75 Å². The van der Waals surface area contributed by atoms with Crippen LogP contribution in [0.25, 0.3) is 6.08 Å². The topological polar surface area (TPSA) is 94.8 Å². The van der Waals surface area contributed by atoms with Crippen molar-refractivity contribution in [2.75, 3.05) is 0 Å². The Kier molecular flexibility index (Phi) is 3.07. The van der Waals surface area contributed by atoms with Crippen LogP contribution < -0.4 is 0 Å². The summed E-state index contributed by atoms with van der Waals surface area (Å²) in [6, 6.07) is 4.89. The van der Waals surface area contributed by atoms with E-state index in [1.807, 2.05) is 0 Å². The Labute approximate surface area is 84.9 Å². The Bertz CT molecular complexity index is 433. The lowest BCUT2D eigenvalue weighted by molar-refractivity contribution is -0.131. The number of benzene rings is 1. The number of hydrogen-bond acceptors (Lipinski definition) is 3. The molecule has 0 heterocycles. The fourth-order valence-electron chi connectivity index (χ4n) is 0.958. The minimum absolute atomic E-state index is 0.0947. The Morgan fingerprint density at radius 2 is 1.93 bits per heavy atom. The van der Waals surface area contributed by atoms with E-state index in [4.69, 9.17) is 10.2 Å². The first-order valence-corrected chi connectivity index (χ1v) is 3.89. The zero-order valence-electron chi connectivity index (χ0n) is 7.47. The number of aliphatic carboxylic acids is 1. The number of rotatable bonds is 3. The minimum Gasteiger partial charge on any atom is -0.506 e. The van der Waals surface area contributed by atoms with Crippen LogP contribution in [0.1, 0.15) is 15.9 Å². The van der Waals surface area contributed by atoms with Gasteiger partial charge in [-0.15, -0.1) is 0 Å². The molecule has 0 spiro atoms. The molecule has 5 nitrogen and oxygen atoms in total. The van der Waals surface area contributed by atoms with Crippen LogP contribution in [0.5, 0.6) is 5.75 Å². The van der Waals surface area contributed by atoms with E-state index >= 15 is 0 Å². The van der Waals surface area contributed by atoms with E-state index in [0.717, 1.165) is 18.2 Å². The van der Waals surface area contributed by atoms with Crippen molar-refractivity contribution in [2.24, 2.45) is 0 Å². The summed E-state index contributed by atoms with van der Waals surface area (Å²) in [6.45, 7) is 0. The lowest BCUT2D eigenvalue weighted by Gasteiger charge is -2.01. The largest absolute Gasteiger partial charge is 0.506 e. The summed E-state index contributed by atoms with van der Waals surface area (Å²) >= 11 is 0. The highest BCUT2D eigenvalue weighted by molar-refractivity contribution is 5.93. The monoisotopic (exact) mass is 207 g/mol. The number of aromatic carboxylic acids is 1. The van der Waals surface area contributed by atoms with Gasteiger partial charge in [0.15, 0.2) is 0 Å². The van der Waals surface area contributed by atoms with E-state index in [2.05, 4.69) is 6.07 Å². The van der Waals surface area contributed by atoms with Crippen molar-refractivity contribution in [2.45, 2.75) is 0 Å². The summed E-state index contributed by atoms with van der Waals surface area (Å²) in [4.78, 5) is 20.8. The van der Waals surface area contributed by atoms with E-state index in [1.54, 1.807) is 0 Å². The number of carboxylic acid groups (broad SMARTS) is 2. The molecular weight excluding hydrogens is 200 g/mol. The van der Waals surface area contributed by atoms with Crippen molar-refractivity contribution in [1.82, 2.24) is 0 Å². The molecular formula is C10H7O5. The molecule has 0 aliphatic rings. The van der Waals surface area contributed by atoms with Crippen LogP contribution >= 0.6 is 0 Å². The normalized spacial score (nSPS) is 10.4. The fourth-order valence-corrected chi connectivity index (χ4v) is 0.958. The molecule has 1 radical (unpaired) electrons. The Hall–Kier alpha value is -2.30. The van der Waals surface area contributed by atoms with Gasteiger partial charge in [-0.1, -0.05) is 0 Å². The number of hydrogen-bond donors (Lipinski definition) is 3. The number of carbonyl (C=O) groups is 2. The Morgan fingerprint density at radius 3 is 2.47 bits per heavy atom. The molecule has 1 aromatic carbocycles. The first kappa shape index (κ1) is 10.8. The predicted octanol–water partition coefficient (Wildman–Crippen LogP) is 0.988. The van der Waals surface area contributed by atoms with Crippen molar-refractivity contribution in [3.63, 3.8) is 0 Å². The standard InChI is InChI=1S/C10H7O5/c11-8(12)5-4-6-2-1-3-7(9(6)13)10(14)15/h2-5,13H,(H,11,12)(H,14,15)/b5-4+. The van der Waals surface area contributed by atoms with Gasteiger partial charge < -0.3 is 15.3 Å². The summed E-state index contributed by atoms with van der Waals surface area (Å²) < 4.78 is 0. The van der Waals surface area contributed by atoms with Crippen molar-refractivity contribution < 1.29 is 24.9 Å². The summed E-state index contributed by atoms with van der Waals surface area (Å²) in [5, 5.41) is 26.4. The van der Waals surface area contributed by atoms with Crippen molar-refractivity contribution >= 4 is 18.0 Å². The zero-order valence-corrected chi connectivity index (χ0v) is 7.47. The molecule has 0 fully saturated rings. The summed E-state index contributed by atoms with van der Waals surface area (Å²) in [6.07, 6.45) is 1.90. The molecule has 0 atom stereocenters. The molecule has 0 aliphatic heterocycles. The highest BCUT2D eigenvalue weighted by Crippen LogP contribution is 2.23.